The lowest BCUT2D eigenvalue weighted by Crippen LogP contribution is -2.13. The third kappa shape index (κ3) is 5.72. The Bertz CT molecular complexity index is 1450. The van der Waals surface area contributed by atoms with Gasteiger partial charge in [0.1, 0.15) is 23.8 Å². The van der Waals surface area contributed by atoms with Crippen LogP contribution in [0.25, 0.3) is 22.4 Å². The number of phenolic OH excluding ortho intramolecular Hbond substituents is 1. The second-order valence-corrected chi connectivity index (χ2v) is 8.73. The smallest absolute Gasteiger partial charge is 0.433 e. The third-order valence-electron chi connectivity index (χ3n) is 5.71. The fourth-order valence-electron chi connectivity index (χ4n) is 3.99. The van der Waals surface area contributed by atoms with Crippen molar-refractivity contribution in [1.29, 1.82) is 0 Å². The molecule has 10 heteroatoms. The molecule has 4 rings (SSSR count). The predicted octanol–water partition coefficient (Wildman–Crippen LogP) is 6.65. The van der Waals surface area contributed by atoms with E-state index in [1.165, 1.54) is 19.2 Å². The van der Waals surface area contributed by atoms with Crippen molar-refractivity contribution >= 4 is 17.3 Å². The molecule has 0 aliphatic heterocycles. The number of nitrogens with zero attached hydrogens (tertiary/aromatic N) is 3. The first-order chi connectivity index (χ1) is 17.6. The van der Waals surface area contributed by atoms with Gasteiger partial charge in [-0.15, -0.1) is 0 Å². The number of nitrogens with one attached hydrogen (secondary N) is 1. The molecule has 0 fully saturated rings. The molecule has 6 nitrogen and oxygen atoms in total. The minimum Gasteiger partial charge on any atom is -0.507 e. The average Bonchev–Trinajstić information content (AvgIpc) is 3.21. The van der Waals surface area contributed by atoms with Crippen LogP contribution in [-0.2, 0) is 19.8 Å². The summed E-state index contributed by atoms with van der Waals surface area (Å²) in [6.07, 6.45) is -4.68. The first-order valence-electron chi connectivity index (χ1n) is 11.2. The summed E-state index contributed by atoms with van der Waals surface area (Å²) in [6.45, 7) is 1.97. The summed E-state index contributed by atoms with van der Waals surface area (Å²) in [7, 11) is 2.87. The van der Waals surface area contributed by atoms with Gasteiger partial charge in [-0.2, -0.15) is 23.4 Å². The highest BCUT2D eigenvalue weighted by atomic mass is 35.5. The summed E-state index contributed by atoms with van der Waals surface area (Å²) < 4.78 is 49.0. The fourth-order valence-corrected chi connectivity index (χ4v) is 4.12. The molecule has 0 bridgehead atoms. The Morgan fingerprint density at radius 1 is 1.11 bits per heavy atom. The normalized spacial score (nSPS) is 12.0. The van der Waals surface area contributed by atoms with Gasteiger partial charge in [-0.05, 0) is 53.9 Å². The number of benzene rings is 3. The van der Waals surface area contributed by atoms with Crippen LogP contribution in [-0.4, -0.2) is 27.6 Å². The van der Waals surface area contributed by atoms with Crippen molar-refractivity contribution in [2.24, 2.45) is 12.1 Å². The van der Waals surface area contributed by atoms with Gasteiger partial charge in [-0.25, -0.2) is 0 Å². The van der Waals surface area contributed by atoms with E-state index in [2.05, 4.69) is 15.6 Å². The maximum absolute atomic E-state index is 14.2. The third-order valence-corrected chi connectivity index (χ3v) is 5.96. The van der Waals surface area contributed by atoms with Gasteiger partial charge >= 0.3 is 6.18 Å². The van der Waals surface area contributed by atoms with Crippen LogP contribution in [0.4, 0.5) is 13.2 Å². The monoisotopic (exact) mass is 528 g/mol. The van der Waals surface area contributed by atoms with E-state index in [9.17, 15) is 18.3 Å². The number of aryl methyl sites for hydroxylation is 1. The van der Waals surface area contributed by atoms with Crippen LogP contribution in [0.5, 0.6) is 11.5 Å². The number of hydrazone groups is 1. The van der Waals surface area contributed by atoms with E-state index < -0.39 is 11.9 Å². The molecule has 37 heavy (non-hydrogen) atoms. The summed E-state index contributed by atoms with van der Waals surface area (Å²) in [5.41, 5.74) is 4.16. The van der Waals surface area contributed by atoms with Crippen LogP contribution in [0.2, 0.25) is 5.02 Å². The Morgan fingerprint density at radius 3 is 2.49 bits per heavy atom. The molecule has 1 aromatic heterocycles. The Morgan fingerprint density at radius 2 is 1.84 bits per heavy atom. The molecule has 0 amide bonds. The van der Waals surface area contributed by atoms with Crippen molar-refractivity contribution in [1.82, 2.24) is 15.2 Å². The molecule has 0 aliphatic carbocycles. The molecule has 0 radical (unpaired) electrons. The quantitative estimate of drug-likeness (QED) is 0.208. The van der Waals surface area contributed by atoms with E-state index in [0.29, 0.717) is 27.6 Å². The molecule has 0 unspecified atom stereocenters. The SMILES string of the molecule is CN/N=C(\C)c1cccc(-c2c(-c3ccc(OCc4ccc(Cl)cc4)cc3O)nn(C)c2C(F)(F)F)c1. The van der Waals surface area contributed by atoms with Gasteiger partial charge in [-0.3, -0.25) is 4.68 Å². The molecule has 0 aliphatic rings. The number of hydrogen-bond acceptors (Lipinski definition) is 5. The minimum absolute atomic E-state index is 0.00284. The van der Waals surface area contributed by atoms with Gasteiger partial charge < -0.3 is 15.3 Å². The summed E-state index contributed by atoms with van der Waals surface area (Å²) in [5, 5.41) is 19.7. The Balaban J connectivity index is 1.76. The number of rotatable bonds is 7. The van der Waals surface area contributed by atoms with E-state index in [1.54, 1.807) is 56.4 Å². The Kier molecular flexibility index (Phi) is 7.45. The molecule has 3 aromatic carbocycles. The summed E-state index contributed by atoms with van der Waals surface area (Å²) in [5.74, 6) is 0.0939. The average molecular weight is 529 g/mol. The molecule has 0 spiro atoms. The highest BCUT2D eigenvalue weighted by molar-refractivity contribution is 6.30. The predicted molar refractivity (Wildman–Crippen MR) is 138 cm³/mol. The van der Waals surface area contributed by atoms with Crippen molar-refractivity contribution < 1.29 is 23.0 Å². The number of halogens is 4. The fraction of sp³-hybridized carbons (Fsp3) is 0.185. The van der Waals surface area contributed by atoms with Crippen molar-refractivity contribution in [3.05, 3.63) is 88.6 Å². The highest BCUT2D eigenvalue weighted by Crippen LogP contribution is 2.45. The van der Waals surface area contributed by atoms with Gasteiger partial charge in [-0.1, -0.05) is 41.9 Å². The molecular formula is C27H24ClF3N4O2. The summed E-state index contributed by atoms with van der Waals surface area (Å²) in [6, 6.07) is 18.1. The molecule has 0 saturated carbocycles. The lowest BCUT2D eigenvalue weighted by Gasteiger charge is -2.13. The van der Waals surface area contributed by atoms with Crippen LogP contribution in [0.3, 0.4) is 0 Å². The first kappa shape index (κ1) is 26.1. The second-order valence-electron chi connectivity index (χ2n) is 8.29. The second kappa shape index (κ2) is 10.6. The molecular weight excluding hydrogens is 505 g/mol. The van der Waals surface area contributed by atoms with Crippen molar-refractivity contribution in [3.8, 4) is 33.9 Å². The van der Waals surface area contributed by atoms with Crippen LogP contribution in [0, 0.1) is 0 Å². The van der Waals surface area contributed by atoms with Gasteiger partial charge in [0.2, 0.25) is 0 Å². The van der Waals surface area contributed by atoms with Crippen molar-refractivity contribution in [3.63, 3.8) is 0 Å². The maximum atomic E-state index is 14.2. The lowest BCUT2D eigenvalue weighted by molar-refractivity contribution is -0.143. The largest absolute Gasteiger partial charge is 0.507 e. The Labute approximate surface area is 217 Å². The number of alkyl halides is 3. The number of phenols is 1. The van der Waals surface area contributed by atoms with Crippen LogP contribution < -0.4 is 10.2 Å². The summed E-state index contributed by atoms with van der Waals surface area (Å²) in [4.78, 5) is 0. The number of aromatic hydroxyl groups is 1. The molecule has 0 atom stereocenters. The van der Waals surface area contributed by atoms with E-state index in [1.807, 2.05) is 12.1 Å². The van der Waals surface area contributed by atoms with E-state index >= 15 is 0 Å². The minimum atomic E-state index is -4.68. The topological polar surface area (TPSA) is 71.7 Å². The molecule has 4 aromatic rings. The van der Waals surface area contributed by atoms with Crippen LogP contribution in [0.1, 0.15) is 23.7 Å². The zero-order valence-electron chi connectivity index (χ0n) is 20.3. The Hall–Kier alpha value is -3.98. The summed E-state index contributed by atoms with van der Waals surface area (Å²) >= 11 is 5.90. The van der Waals surface area contributed by atoms with Gasteiger partial charge in [0.15, 0.2) is 5.69 Å². The van der Waals surface area contributed by atoms with Crippen molar-refractivity contribution in [2.75, 3.05) is 7.05 Å². The van der Waals surface area contributed by atoms with Crippen LogP contribution in [0.15, 0.2) is 71.8 Å². The molecule has 0 saturated heterocycles. The maximum Gasteiger partial charge on any atom is 0.433 e. The first-order valence-corrected chi connectivity index (χ1v) is 11.6. The number of hydrogen-bond donors (Lipinski definition) is 2. The lowest BCUT2D eigenvalue weighted by atomic mass is 9.96. The standard InChI is InChI=1S/C27H24ClF3N4O2/c1-16(33-32-2)18-5-4-6-19(13-18)24-25(34-35(3)26(24)27(29,30)31)22-12-11-21(14-23(22)36)37-15-17-7-9-20(28)10-8-17/h4-14,32,36H,15H2,1-3H3/b33-16+. The van der Waals surface area contributed by atoms with Gasteiger partial charge in [0.25, 0.3) is 0 Å². The molecule has 1 heterocycles. The van der Waals surface area contributed by atoms with Gasteiger partial charge in [0, 0.05) is 36.3 Å². The van der Waals surface area contributed by atoms with Gasteiger partial charge in [0.05, 0.1) is 5.71 Å². The van der Waals surface area contributed by atoms with Crippen LogP contribution >= 0.6 is 11.6 Å². The van der Waals surface area contributed by atoms with E-state index in [0.717, 1.165) is 10.2 Å². The zero-order chi connectivity index (χ0) is 26.7. The van der Waals surface area contributed by atoms with Crippen molar-refractivity contribution in [2.45, 2.75) is 19.7 Å². The highest BCUT2D eigenvalue weighted by Gasteiger charge is 2.40. The van der Waals surface area contributed by atoms with E-state index in [4.69, 9.17) is 16.3 Å². The molecule has 192 valence electrons. The number of ether oxygens (including phenoxy) is 1. The number of aromatic nitrogens is 2. The van der Waals surface area contributed by atoms with E-state index in [-0.39, 0.29) is 29.2 Å². The zero-order valence-corrected chi connectivity index (χ0v) is 21.0. The molecule has 2 N–H and O–H groups in total.